The summed E-state index contributed by atoms with van der Waals surface area (Å²) < 4.78 is 2.69. The van der Waals surface area contributed by atoms with Gasteiger partial charge in [-0.05, 0) is 31.5 Å². The van der Waals surface area contributed by atoms with Crippen LogP contribution in [0.2, 0.25) is 0 Å². The maximum atomic E-state index is 11.6. The summed E-state index contributed by atoms with van der Waals surface area (Å²) in [6.45, 7) is 4.67. The van der Waals surface area contributed by atoms with E-state index in [0.717, 1.165) is 28.0 Å². The molecule has 0 radical (unpaired) electrons. The lowest BCUT2D eigenvalue weighted by Gasteiger charge is -2.15. The van der Waals surface area contributed by atoms with Gasteiger partial charge in [0, 0.05) is 23.1 Å². The van der Waals surface area contributed by atoms with Gasteiger partial charge >= 0.3 is 5.97 Å². The second-order valence-corrected chi connectivity index (χ2v) is 5.56. The minimum Gasteiger partial charge on any atom is -0.481 e. The Kier molecular flexibility index (Phi) is 4.60. The van der Waals surface area contributed by atoms with E-state index in [9.17, 15) is 9.90 Å². The Morgan fingerprint density at radius 1 is 1.45 bits per heavy atom. The molecule has 0 aliphatic heterocycles. The van der Waals surface area contributed by atoms with Gasteiger partial charge in [-0.2, -0.15) is 5.10 Å². The van der Waals surface area contributed by atoms with Crippen molar-refractivity contribution in [2.45, 2.75) is 32.7 Å². The van der Waals surface area contributed by atoms with Gasteiger partial charge in [0.05, 0.1) is 11.6 Å². The van der Waals surface area contributed by atoms with E-state index in [-0.39, 0.29) is 0 Å². The highest BCUT2D eigenvalue weighted by Gasteiger charge is 2.24. The second-order valence-electron chi connectivity index (χ2n) is 4.71. The third kappa shape index (κ3) is 3.10. The fourth-order valence-corrected chi connectivity index (χ4v) is 2.90. The number of carbonyl (C=O) groups is 1. The number of benzene rings is 1. The summed E-state index contributed by atoms with van der Waals surface area (Å²) in [4.78, 5) is 11.6. The molecule has 4 nitrogen and oxygen atoms in total. The van der Waals surface area contributed by atoms with Crippen molar-refractivity contribution >= 4 is 21.9 Å². The molecule has 1 unspecified atom stereocenters. The first-order valence-electron chi connectivity index (χ1n) is 6.53. The molecule has 5 heteroatoms. The van der Waals surface area contributed by atoms with Crippen LogP contribution in [0.25, 0.3) is 0 Å². The molecule has 0 bridgehead atoms. The quantitative estimate of drug-likeness (QED) is 0.910. The third-order valence-electron chi connectivity index (χ3n) is 3.28. The van der Waals surface area contributed by atoms with Crippen LogP contribution in [0.5, 0.6) is 0 Å². The number of aliphatic carboxylic acids is 1. The van der Waals surface area contributed by atoms with Gasteiger partial charge in [0.25, 0.3) is 0 Å². The average molecular weight is 337 g/mol. The summed E-state index contributed by atoms with van der Waals surface area (Å²) in [7, 11) is 0. The lowest BCUT2D eigenvalue weighted by atomic mass is 9.94. The molecule has 106 valence electrons. The highest BCUT2D eigenvalue weighted by Crippen LogP contribution is 2.28. The zero-order valence-electron chi connectivity index (χ0n) is 11.5. The maximum absolute atomic E-state index is 11.6. The summed E-state index contributed by atoms with van der Waals surface area (Å²) in [5.41, 5.74) is 2.66. The molecule has 0 amide bonds. The van der Waals surface area contributed by atoms with Crippen LogP contribution < -0.4 is 0 Å². The number of aryl methyl sites for hydroxylation is 2. The van der Waals surface area contributed by atoms with Crippen molar-refractivity contribution < 1.29 is 9.90 Å². The van der Waals surface area contributed by atoms with Crippen molar-refractivity contribution in [3.05, 3.63) is 51.8 Å². The van der Waals surface area contributed by atoms with Gasteiger partial charge in [0.15, 0.2) is 0 Å². The molecule has 0 spiro atoms. The van der Waals surface area contributed by atoms with Gasteiger partial charge in [0.2, 0.25) is 0 Å². The van der Waals surface area contributed by atoms with Gasteiger partial charge in [0.1, 0.15) is 0 Å². The molecule has 1 heterocycles. The van der Waals surface area contributed by atoms with Crippen LogP contribution in [0.1, 0.15) is 29.8 Å². The van der Waals surface area contributed by atoms with E-state index in [2.05, 4.69) is 21.0 Å². The van der Waals surface area contributed by atoms with Crippen molar-refractivity contribution in [2.75, 3.05) is 0 Å². The number of hydrogen-bond donors (Lipinski definition) is 1. The average Bonchev–Trinajstić information content (AvgIpc) is 2.77. The number of rotatable bonds is 5. The largest absolute Gasteiger partial charge is 0.481 e. The summed E-state index contributed by atoms with van der Waals surface area (Å²) >= 11 is 3.43. The first-order valence-corrected chi connectivity index (χ1v) is 7.32. The van der Waals surface area contributed by atoms with Gasteiger partial charge in [-0.1, -0.05) is 34.1 Å². The second kappa shape index (κ2) is 6.22. The normalized spacial score (nSPS) is 12.3. The Balaban J connectivity index is 2.36. The monoisotopic (exact) mass is 336 g/mol. The number of nitrogens with zero attached hydrogens (tertiary/aromatic N) is 2. The van der Waals surface area contributed by atoms with E-state index in [4.69, 9.17) is 0 Å². The maximum Gasteiger partial charge on any atom is 0.311 e. The van der Waals surface area contributed by atoms with Gasteiger partial charge < -0.3 is 5.11 Å². The molecular formula is C15H17BrN2O2. The van der Waals surface area contributed by atoms with E-state index in [0.29, 0.717) is 6.42 Å². The topological polar surface area (TPSA) is 55.1 Å². The van der Waals surface area contributed by atoms with E-state index in [1.54, 1.807) is 0 Å². The van der Waals surface area contributed by atoms with E-state index in [1.165, 1.54) is 0 Å². The van der Waals surface area contributed by atoms with Crippen LogP contribution in [-0.4, -0.2) is 20.9 Å². The van der Waals surface area contributed by atoms with Crippen LogP contribution in [0.4, 0.5) is 0 Å². The molecule has 2 rings (SSSR count). The van der Waals surface area contributed by atoms with Crippen LogP contribution in [0.15, 0.2) is 34.8 Å². The molecule has 1 aromatic heterocycles. The van der Waals surface area contributed by atoms with E-state index in [1.807, 2.05) is 48.9 Å². The highest BCUT2D eigenvalue weighted by molar-refractivity contribution is 9.10. The van der Waals surface area contributed by atoms with Crippen molar-refractivity contribution in [3.8, 4) is 0 Å². The highest BCUT2D eigenvalue weighted by atomic mass is 79.9. The van der Waals surface area contributed by atoms with Crippen LogP contribution in [0.3, 0.4) is 0 Å². The number of carboxylic acids is 1. The zero-order chi connectivity index (χ0) is 14.7. The summed E-state index contributed by atoms with van der Waals surface area (Å²) in [5, 5.41) is 13.9. The predicted octanol–water partition coefficient (Wildman–Crippen LogP) is 3.38. The minimum absolute atomic E-state index is 0.437. The standard InChI is InChI=1S/C15H17BrN2O2/c1-3-18-11(8-10(2)17-18)9-13(15(19)20)12-6-4-5-7-14(12)16/h4-8,13H,3,9H2,1-2H3,(H,19,20). The summed E-state index contributed by atoms with van der Waals surface area (Å²) in [6, 6.07) is 9.41. The Labute approximate surface area is 126 Å². The molecule has 0 saturated carbocycles. The molecule has 1 atom stereocenters. The number of hydrogen-bond acceptors (Lipinski definition) is 2. The Hall–Kier alpha value is -1.62. The number of halogens is 1. The molecule has 2 aromatic rings. The molecule has 0 aliphatic rings. The first kappa shape index (κ1) is 14.8. The Morgan fingerprint density at radius 2 is 2.15 bits per heavy atom. The number of aromatic nitrogens is 2. The first-order chi connectivity index (χ1) is 9.52. The van der Waals surface area contributed by atoms with Crippen molar-refractivity contribution in [1.29, 1.82) is 0 Å². The van der Waals surface area contributed by atoms with Crippen molar-refractivity contribution in [1.82, 2.24) is 9.78 Å². The van der Waals surface area contributed by atoms with E-state index < -0.39 is 11.9 Å². The fraction of sp³-hybridized carbons (Fsp3) is 0.333. The molecule has 1 aromatic carbocycles. The molecule has 20 heavy (non-hydrogen) atoms. The van der Waals surface area contributed by atoms with Crippen molar-refractivity contribution in [3.63, 3.8) is 0 Å². The predicted molar refractivity (Wildman–Crippen MR) is 80.9 cm³/mol. The summed E-state index contributed by atoms with van der Waals surface area (Å²) in [5.74, 6) is -1.40. The van der Waals surface area contributed by atoms with E-state index >= 15 is 0 Å². The van der Waals surface area contributed by atoms with Crippen LogP contribution in [0, 0.1) is 6.92 Å². The lowest BCUT2D eigenvalue weighted by Crippen LogP contribution is -2.17. The molecule has 1 N–H and O–H groups in total. The van der Waals surface area contributed by atoms with Gasteiger partial charge in [-0.25, -0.2) is 0 Å². The smallest absolute Gasteiger partial charge is 0.311 e. The third-order valence-corrected chi connectivity index (χ3v) is 4.00. The molecule has 0 fully saturated rings. The zero-order valence-corrected chi connectivity index (χ0v) is 13.1. The van der Waals surface area contributed by atoms with Gasteiger partial charge in [-0.15, -0.1) is 0 Å². The SMILES string of the molecule is CCn1nc(C)cc1CC(C(=O)O)c1ccccc1Br. The summed E-state index contributed by atoms with van der Waals surface area (Å²) in [6.07, 6.45) is 0.437. The van der Waals surface area contributed by atoms with Crippen molar-refractivity contribution in [2.24, 2.45) is 0 Å². The lowest BCUT2D eigenvalue weighted by molar-refractivity contribution is -0.138. The van der Waals surface area contributed by atoms with Crippen LogP contribution in [-0.2, 0) is 17.8 Å². The van der Waals surface area contributed by atoms with Crippen LogP contribution >= 0.6 is 15.9 Å². The fourth-order valence-electron chi connectivity index (χ4n) is 2.33. The number of carboxylic acid groups (broad SMARTS) is 1. The Bertz CT molecular complexity index is 622. The molecule has 0 aliphatic carbocycles. The molecular weight excluding hydrogens is 320 g/mol. The Morgan fingerprint density at radius 3 is 2.75 bits per heavy atom. The minimum atomic E-state index is -0.821. The molecule has 0 saturated heterocycles. The van der Waals surface area contributed by atoms with Gasteiger partial charge in [-0.3, -0.25) is 9.48 Å².